The molecule has 0 aliphatic carbocycles. The molecule has 0 bridgehead atoms. The van der Waals surface area contributed by atoms with Crippen molar-refractivity contribution in [1.82, 2.24) is 4.57 Å². The van der Waals surface area contributed by atoms with Crippen LogP contribution in [0.15, 0.2) is 54.7 Å². The van der Waals surface area contributed by atoms with Crippen molar-refractivity contribution >= 4 is 22.5 Å². The van der Waals surface area contributed by atoms with E-state index in [9.17, 15) is 0 Å². The third kappa shape index (κ3) is 2.35. The first-order chi connectivity index (χ1) is 10.3. The summed E-state index contributed by atoms with van der Waals surface area (Å²) < 4.78 is 8.25. The summed E-state index contributed by atoms with van der Waals surface area (Å²) in [5.41, 5.74) is 3.93. The largest absolute Gasteiger partial charge is 0.371 e. The quantitative estimate of drug-likeness (QED) is 0.674. The first-order valence-corrected chi connectivity index (χ1v) is 7.63. The molecule has 1 unspecified atom stereocenters. The van der Waals surface area contributed by atoms with Gasteiger partial charge in [0, 0.05) is 22.1 Å². The van der Waals surface area contributed by atoms with E-state index < -0.39 is 0 Å². The smallest absolute Gasteiger partial charge is 0.101 e. The van der Waals surface area contributed by atoms with Gasteiger partial charge in [0.15, 0.2) is 0 Å². The Bertz CT molecular complexity index is 793. The third-order valence-corrected chi connectivity index (χ3v) is 4.42. The second-order valence-electron chi connectivity index (χ2n) is 5.48. The van der Waals surface area contributed by atoms with Gasteiger partial charge in [-0.15, -0.1) is 0 Å². The molecule has 1 aromatic heterocycles. The van der Waals surface area contributed by atoms with Crippen LogP contribution in [0.2, 0.25) is 5.02 Å². The predicted octanol–water partition coefficient (Wildman–Crippen LogP) is 4.61. The monoisotopic (exact) mass is 297 g/mol. The fraction of sp³-hybridized carbons (Fsp3) is 0.222. The van der Waals surface area contributed by atoms with Crippen LogP contribution in [0.3, 0.4) is 0 Å². The normalized spacial score (nSPS) is 17.9. The van der Waals surface area contributed by atoms with Crippen LogP contribution in [0.5, 0.6) is 0 Å². The zero-order valence-corrected chi connectivity index (χ0v) is 12.4. The highest BCUT2D eigenvalue weighted by atomic mass is 35.5. The maximum Gasteiger partial charge on any atom is 0.101 e. The van der Waals surface area contributed by atoms with Gasteiger partial charge in [-0.2, -0.15) is 0 Å². The zero-order valence-electron chi connectivity index (χ0n) is 11.6. The molecule has 2 aromatic carbocycles. The molecule has 2 heterocycles. The summed E-state index contributed by atoms with van der Waals surface area (Å²) in [7, 11) is 0. The van der Waals surface area contributed by atoms with Gasteiger partial charge >= 0.3 is 0 Å². The topological polar surface area (TPSA) is 14.2 Å². The number of ether oxygens (including phenoxy) is 1. The van der Waals surface area contributed by atoms with E-state index in [2.05, 4.69) is 47.2 Å². The van der Waals surface area contributed by atoms with Crippen LogP contribution >= 0.6 is 11.6 Å². The van der Waals surface area contributed by atoms with E-state index in [0.717, 1.165) is 24.6 Å². The second kappa shape index (κ2) is 5.21. The summed E-state index contributed by atoms with van der Waals surface area (Å²) >= 11 is 6.05. The molecule has 1 aliphatic rings. The lowest BCUT2D eigenvalue weighted by molar-refractivity contribution is 0.0314. The highest BCUT2D eigenvalue weighted by molar-refractivity contribution is 6.31. The maximum absolute atomic E-state index is 6.05. The van der Waals surface area contributed by atoms with Crippen molar-refractivity contribution in [2.75, 3.05) is 6.61 Å². The molecule has 0 spiro atoms. The Morgan fingerprint density at radius 1 is 1.14 bits per heavy atom. The molecule has 0 amide bonds. The molecule has 1 aliphatic heterocycles. The average Bonchev–Trinajstić information content (AvgIpc) is 2.90. The molecule has 21 heavy (non-hydrogen) atoms. The molecule has 0 saturated carbocycles. The lowest BCUT2D eigenvalue weighted by Crippen LogP contribution is -2.20. The molecule has 106 valence electrons. The minimum atomic E-state index is 0.126. The van der Waals surface area contributed by atoms with Crippen molar-refractivity contribution in [1.29, 1.82) is 0 Å². The minimum Gasteiger partial charge on any atom is -0.371 e. The SMILES string of the molecule is Clc1ccc2c(ccn2CC2OCCc3ccccc32)c1. The van der Waals surface area contributed by atoms with Crippen molar-refractivity contribution in [3.05, 3.63) is 70.9 Å². The van der Waals surface area contributed by atoms with Crippen molar-refractivity contribution in [2.45, 2.75) is 19.1 Å². The van der Waals surface area contributed by atoms with E-state index in [4.69, 9.17) is 16.3 Å². The Balaban J connectivity index is 1.70. The van der Waals surface area contributed by atoms with Crippen molar-refractivity contribution in [2.24, 2.45) is 0 Å². The number of nitrogens with zero attached hydrogens (tertiary/aromatic N) is 1. The van der Waals surface area contributed by atoms with Crippen LogP contribution in [-0.2, 0) is 17.7 Å². The second-order valence-corrected chi connectivity index (χ2v) is 5.92. The zero-order chi connectivity index (χ0) is 14.2. The van der Waals surface area contributed by atoms with Gasteiger partial charge in [0.2, 0.25) is 0 Å². The van der Waals surface area contributed by atoms with Crippen molar-refractivity contribution < 1.29 is 4.74 Å². The Hall–Kier alpha value is -1.77. The van der Waals surface area contributed by atoms with E-state index in [0.29, 0.717) is 0 Å². The van der Waals surface area contributed by atoms with Gasteiger partial charge in [-0.3, -0.25) is 0 Å². The molecule has 1 atom stereocenters. The van der Waals surface area contributed by atoms with Gasteiger partial charge in [0.1, 0.15) is 6.10 Å². The molecule has 0 fully saturated rings. The first-order valence-electron chi connectivity index (χ1n) is 7.25. The van der Waals surface area contributed by atoms with Gasteiger partial charge in [0.05, 0.1) is 13.2 Å². The highest BCUT2D eigenvalue weighted by Gasteiger charge is 2.21. The number of fused-ring (bicyclic) bond motifs is 2. The van der Waals surface area contributed by atoms with Gasteiger partial charge in [0.25, 0.3) is 0 Å². The lowest BCUT2D eigenvalue weighted by atomic mass is 9.97. The maximum atomic E-state index is 6.05. The van der Waals surface area contributed by atoms with Gasteiger partial charge in [-0.05, 0) is 41.8 Å². The fourth-order valence-electron chi connectivity index (χ4n) is 3.14. The van der Waals surface area contributed by atoms with Crippen LogP contribution in [0.4, 0.5) is 0 Å². The Labute approximate surface area is 128 Å². The minimum absolute atomic E-state index is 0.126. The number of halogens is 1. The number of hydrogen-bond acceptors (Lipinski definition) is 1. The van der Waals surface area contributed by atoms with Crippen LogP contribution in [0, 0.1) is 0 Å². The predicted molar refractivity (Wildman–Crippen MR) is 85.8 cm³/mol. The van der Waals surface area contributed by atoms with Crippen LogP contribution in [-0.4, -0.2) is 11.2 Å². The van der Waals surface area contributed by atoms with Crippen LogP contribution < -0.4 is 0 Å². The summed E-state index contributed by atoms with van der Waals surface area (Å²) in [5.74, 6) is 0. The first kappa shape index (κ1) is 12.9. The van der Waals surface area contributed by atoms with Crippen LogP contribution in [0.25, 0.3) is 10.9 Å². The molecule has 0 N–H and O–H groups in total. The van der Waals surface area contributed by atoms with Crippen LogP contribution in [0.1, 0.15) is 17.2 Å². The fourth-order valence-corrected chi connectivity index (χ4v) is 3.32. The Kier molecular flexibility index (Phi) is 3.21. The highest BCUT2D eigenvalue weighted by Crippen LogP contribution is 2.30. The molecular formula is C18H16ClNO. The summed E-state index contributed by atoms with van der Waals surface area (Å²) in [5, 5.41) is 1.95. The summed E-state index contributed by atoms with van der Waals surface area (Å²) in [4.78, 5) is 0. The lowest BCUT2D eigenvalue weighted by Gasteiger charge is -2.26. The molecule has 2 nitrogen and oxygen atoms in total. The average molecular weight is 298 g/mol. The van der Waals surface area contributed by atoms with Crippen molar-refractivity contribution in [3.63, 3.8) is 0 Å². The number of benzene rings is 2. The van der Waals surface area contributed by atoms with E-state index in [-0.39, 0.29) is 6.10 Å². The molecule has 3 aromatic rings. The Morgan fingerprint density at radius 2 is 2.05 bits per heavy atom. The van der Waals surface area contributed by atoms with E-state index in [1.165, 1.54) is 22.0 Å². The molecule has 0 radical (unpaired) electrons. The number of hydrogen-bond donors (Lipinski definition) is 0. The van der Waals surface area contributed by atoms with Gasteiger partial charge < -0.3 is 9.30 Å². The summed E-state index contributed by atoms with van der Waals surface area (Å²) in [6.45, 7) is 1.63. The summed E-state index contributed by atoms with van der Waals surface area (Å²) in [6.07, 6.45) is 3.25. The standard InChI is InChI=1S/C18H16ClNO/c19-15-5-6-17-14(11-15)7-9-20(17)12-18-16-4-2-1-3-13(16)8-10-21-18/h1-7,9,11,18H,8,10,12H2. The Morgan fingerprint density at radius 3 is 3.00 bits per heavy atom. The van der Waals surface area contributed by atoms with Gasteiger partial charge in [-0.25, -0.2) is 0 Å². The van der Waals surface area contributed by atoms with Gasteiger partial charge in [-0.1, -0.05) is 35.9 Å². The molecular weight excluding hydrogens is 282 g/mol. The number of rotatable bonds is 2. The van der Waals surface area contributed by atoms with E-state index in [1.54, 1.807) is 0 Å². The molecule has 3 heteroatoms. The third-order valence-electron chi connectivity index (χ3n) is 4.19. The molecule has 0 saturated heterocycles. The number of aromatic nitrogens is 1. The molecule has 4 rings (SSSR count). The summed E-state index contributed by atoms with van der Waals surface area (Å²) in [6, 6.07) is 16.7. The van der Waals surface area contributed by atoms with E-state index >= 15 is 0 Å². The van der Waals surface area contributed by atoms with Crippen molar-refractivity contribution in [3.8, 4) is 0 Å². The van der Waals surface area contributed by atoms with E-state index in [1.807, 2.05) is 12.1 Å².